The predicted octanol–water partition coefficient (Wildman–Crippen LogP) is 2.84. The van der Waals surface area contributed by atoms with Crippen LogP contribution in [0.25, 0.3) is 12.2 Å². The van der Waals surface area contributed by atoms with Gasteiger partial charge in [-0.2, -0.15) is 5.10 Å². The van der Waals surface area contributed by atoms with Crippen LogP contribution in [0.3, 0.4) is 0 Å². The lowest BCUT2D eigenvalue weighted by Gasteiger charge is -1.98. The summed E-state index contributed by atoms with van der Waals surface area (Å²) in [5.41, 5.74) is 3.13. The molecule has 0 amide bonds. The molecule has 19 heavy (non-hydrogen) atoms. The van der Waals surface area contributed by atoms with Gasteiger partial charge >= 0.3 is 5.97 Å². The number of aromatic carboxylic acids is 1. The van der Waals surface area contributed by atoms with Crippen LogP contribution in [0.4, 0.5) is 0 Å². The second kappa shape index (κ2) is 5.36. The number of carbonyl (C=O) groups is 1. The highest BCUT2D eigenvalue weighted by molar-refractivity contribution is 7.14. The fraction of sp³-hybridized carbons (Fsp3) is 0.308. The normalized spacial score (nSPS) is 11.3. The summed E-state index contributed by atoms with van der Waals surface area (Å²) in [6, 6.07) is 0. The fourth-order valence-electron chi connectivity index (χ4n) is 1.88. The summed E-state index contributed by atoms with van der Waals surface area (Å²) in [6.45, 7) is 6.87. The number of thiazole rings is 1. The van der Waals surface area contributed by atoms with Crippen molar-refractivity contribution in [3.63, 3.8) is 0 Å². The molecule has 6 heteroatoms. The first kappa shape index (κ1) is 13.5. The molecular formula is C13H15N3O2S. The number of nitrogens with zero attached hydrogens (tertiary/aromatic N) is 3. The number of aryl methyl sites for hydroxylation is 2. The molecule has 0 saturated carbocycles. The highest BCUT2D eigenvalue weighted by Crippen LogP contribution is 2.19. The van der Waals surface area contributed by atoms with Gasteiger partial charge in [0, 0.05) is 17.8 Å². The first-order valence-electron chi connectivity index (χ1n) is 5.94. The standard InChI is InChI=1S/C13H15N3O2S/c1-4-16-9(3)10(8(2)15-16)5-6-12-14-7-11(19-12)13(17)18/h5-7H,4H2,1-3H3,(H,17,18). The van der Waals surface area contributed by atoms with Crippen LogP contribution >= 0.6 is 11.3 Å². The van der Waals surface area contributed by atoms with E-state index in [0.717, 1.165) is 34.8 Å². The molecule has 2 rings (SSSR count). The third-order valence-electron chi connectivity index (χ3n) is 2.86. The molecule has 0 atom stereocenters. The maximum Gasteiger partial charge on any atom is 0.347 e. The monoisotopic (exact) mass is 277 g/mol. The van der Waals surface area contributed by atoms with Gasteiger partial charge in [-0.3, -0.25) is 4.68 Å². The van der Waals surface area contributed by atoms with Crippen LogP contribution in [0.1, 0.15) is 38.6 Å². The Morgan fingerprint density at radius 1 is 1.47 bits per heavy atom. The van der Waals surface area contributed by atoms with Gasteiger partial charge in [-0.05, 0) is 32.9 Å². The molecule has 0 aliphatic carbocycles. The molecule has 0 aliphatic rings. The van der Waals surface area contributed by atoms with E-state index >= 15 is 0 Å². The Balaban J connectivity index is 2.27. The zero-order chi connectivity index (χ0) is 14.0. The molecule has 0 fully saturated rings. The van der Waals surface area contributed by atoms with Crippen LogP contribution in [0.2, 0.25) is 0 Å². The minimum absolute atomic E-state index is 0.248. The molecule has 0 radical (unpaired) electrons. The summed E-state index contributed by atoms with van der Waals surface area (Å²) in [4.78, 5) is 15.1. The highest BCUT2D eigenvalue weighted by atomic mass is 32.1. The summed E-state index contributed by atoms with van der Waals surface area (Å²) in [7, 11) is 0. The van der Waals surface area contributed by atoms with Gasteiger partial charge in [-0.1, -0.05) is 0 Å². The first-order valence-corrected chi connectivity index (χ1v) is 6.75. The molecule has 0 saturated heterocycles. The molecule has 0 spiro atoms. The van der Waals surface area contributed by atoms with Gasteiger partial charge in [0.05, 0.1) is 11.9 Å². The van der Waals surface area contributed by atoms with Crippen molar-refractivity contribution in [1.29, 1.82) is 0 Å². The maximum absolute atomic E-state index is 10.8. The minimum Gasteiger partial charge on any atom is -0.477 e. The van der Waals surface area contributed by atoms with E-state index in [1.807, 2.05) is 37.6 Å². The minimum atomic E-state index is -0.941. The van der Waals surface area contributed by atoms with Crippen LogP contribution in [-0.2, 0) is 6.54 Å². The smallest absolute Gasteiger partial charge is 0.347 e. The van der Waals surface area contributed by atoms with Crippen LogP contribution < -0.4 is 0 Å². The van der Waals surface area contributed by atoms with Gasteiger partial charge in [0.25, 0.3) is 0 Å². The Morgan fingerprint density at radius 2 is 2.21 bits per heavy atom. The number of carboxylic acids is 1. The quantitative estimate of drug-likeness (QED) is 0.933. The van der Waals surface area contributed by atoms with Crippen molar-refractivity contribution in [3.05, 3.63) is 33.0 Å². The largest absolute Gasteiger partial charge is 0.477 e. The van der Waals surface area contributed by atoms with E-state index < -0.39 is 5.97 Å². The third-order valence-corrected chi connectivity index (χ3v) is 3.81. The summed E-state index contributed by atoms with van der Waals surface area (Å²) >= 11 is 1.16. The summed E-state index contributed by atoms with van der Waals surface area (Å²) in [5.74, 6) is -0.941. The van der Waals surface area contributed by atoms with Crippen molar-refractivity contribution in [2.45, 2.75) is 27.3 Å². The van der Waals surface area contributed by atoms with Gasteiger partial charge in [0.2, 0.25) is 0 Å². The molecule has 0 aromatic carbocycles. The molecule has 0 aliphatic heterocycles. The number of carboxylic acid groups (broad SMARTS) is 1. The molecule has 100 valence electrons. The summed E-state index contributed by atoms with van der Waals surface area (Å²) in [5, 5.41) is 13.9. The van der Waals surface area contributed by atoms with Crippen LogP contribution in [0.15, 0.2) is 6.20 Å². The molecule has 0 unspecified atom stereocenters. The average molecular weight is 277 g/mol. The van der Waals surface area contributed by atoms with Crippen molar-refractivity contribution in [2.24, 2.45) is 0 Å². The fourth-order valence-corrected chi connectivity index (χ4v) is 2.54. The SMILES string of the molecule is CCn1nc(C)c(C=Cc2ncc(C(=O)O)s2)c1C. The van der Waals surface area contributed by atoms with E-state index in [9.17, 15) is 4.79 Å². The van der Waals surface area contributed by atoms with Crippen molar-refractivity contribution >= 4 is 29.5 Å². The Hall–Kier alpha value is -1.95. The Morgan fingerprint density at radius 3 is 2.74 bits per heavy atom. The third kappa shape index (κ3) is 2.73. The lowest BCUT2D eigenvalue weighted by atomic mass is 10.2. The highest BCUT2D eigenvalue weighted by Gasteiger charge is 2.09. The molecule has 2 aromatic rings. The number of hydrogen-bond acceptors (Lipinski definition) is 4. The van der Waals surface area contributed by atoms with Crippen LogP contribution in [-0.4, -0.2) is 25.8 Å². The lowest BCUT2D eigenvalue weighted by Crippen LogP contribution is -1.98. The first-order chi connectivity index (χ1) is 9.02. The molecule has 2 heterocycles. The molecule has 5 nitrogen and oxygen atoms in total. The van der Waals surface area contributed by atoms with Crippen molar-refractivity contribution in [2.75, 3.05) is 0 Å². The van der Waals surface area contributed by atoms with E-state index in [1.54, 1.807) is 0 Å². The van der Waals surface area contributed by atoms with Crippen LogP contribution in [0.5, 0.6) is 0 Å². The van der Waals surface area contributed by atoms with E-state index in [1.165, 1.54) is 6.20 Å². The van der Waals surface area contributed by atoms with Crippen molar-refractivity contribution < 1.29 is 9.90 Å². The second-order valence-electron chi connectivity index (χ2n) is 4.10. The van der Waals surface area contributed by atoms with Crippen molar-refractivity contribution in [1.82, 2.24) is 14.8 Å². The number of hydrogen-bond donors (Lipinski definition) is 1. The van der Waals surface area contributed by atoms with Gasteiger partial charge in [-0.25, -0.2) is 9.78 Å². The molecule has 1 N–H and O–H groups in total. The lowest BCUT2D eigenvalue weighted by molar-refractivity contribution is 0.0702. The summed E-state index contributed by atoms with van der Waals surface area (Å²) < 4.78 is 1.94. The number of rotatable bonds is 4. The van der Waals surface area contributed by atoms with E-state index in [0.29, 0.717) is 5.01 Å². The Kier molecular flexibility index (Phi) is 3.80. The van der Waals surface area contributed by atoms with Crippen LogP contribution in [0, 0.1) is 13.8 Å². The zero-order valence-corrected chi connectivity index (χ0v) is 11.9. The molecule has 0 bridgehead atoms. The van der Waals surface area contributed by atoms with Gasteiger partial charge in [0.1, 0.15) is 9.88 Å². The molecular weight excluding hydrogens is 262 g/mol. The van der Waals surface area contributed by atoms with E-state index in [2.05, 4.69) is 10.1 Å². The maximum atomic E-state index is 10.8. The predicted molar refractivity (Wildman–Crippen MR) is 75.4 cm³/mol. The Bertz CT molecular complexity index is 640. The average Bonchev–Trinajstić information content (AvgIpc) is 2.93. The second-order valence-corrected chi connectivity index (χ2v) is 5.16. The number of aromatic nitrogens is 3. The van der Waals surface area contributed by atoms with Gasteiger partial charge < -0.3 is 5.11 Å². The molecule has 2 aromatic heterocycles. The van der Waals surface area contributed by atoms with E-state index in [4.69, 9.17) is 5.11 Å². The Labute approximate surface area is 115 Å². The van der Waals surface area contributed by atoms with E-state index in [-0.39, 0.29) is 4.88 Å². The van der Waals surface area contributed by atoms with Crippen molar-refractivity contribution in [3.8, 4) is 0 Å². The zero-order valence-electron chi connectivity index (χ0n) is 11.0. The topological polar surface area (TPSA) is 68.0 Å². The summed E-state index contributed by atoms with van der Waals surface area (Å²) in [6.07, 6.45) is 5.14. The van der Waals surface area contributed by atoms with Gasteiger partial charge in [0.15, 0.2) is 0 Å². The van der Waals surface area contributed by atoms with Gasteiger partial charge in [-0.15, -0.1) is 11.3 Å².